The number of carbonyl (C=O) groups is 1. The molecule has 0 radical (unpaired) electrons. The van der Waals surface area contributed by atoms with Gasteiger partial charge in [0.25, 0.3) is 0 Å². The Morgan fingerprint density at radius 2 is 2.00 bits per heavy atom. The number of ether oxygens (including phenoxy) is 4. The predicted octanol–water partition coefficient (Wildman–Crippen LogP) is -1.18. The smallest absolute Gasteiger partial charge is 0.338 e. The van der Waals surface area contributed by atoms with Crippen LogP contribution >= 0.6 is 0 Å². The van der Waals surface area contributed by atoms with Crippen molar-refractivity contribution in [3.05, 3.63) is 35.4 Å². The fourth-order valence-corrected chi connectivity index (χ4v) is 2.62. The number of aromatic hydroxyl groups is 1. The number of phenols is 1. The van der Waals surface area contributed by atoms with Crippen LogP contribution in [0.1, 0.15) is 10.4 Å². The lowest BCUT2D eigenvalue weighted by Crippen LogP contribution is -2.59. The number of benzene rings is 1. The van der Waals surface area contributed by atoms with Crippen molar-refractivity contribution in [2.45, 2.75) is 30.7 Å². The third-order valence-electron chi connectivity index (χ3n) is 4.36. The Kier molecular flexibility index (Phi) is 8.55. The quantitative estimate of drug-likeness (QED) is 0.250. The summed E-state index contributed by atoms with van der Waals surface area (Å²) in [5.41, 5.74) is 0.151. The zero-order valence-electron chi connectivity index (χ0n) is 16.0. The molecule has 0 amide bonds. The zero-order valence-corrected chi connectivity index (χ0v) is 16.0. The molecule has 1 saturated heterocycles. The molecule has 1 aliphatic heterocycles. The van der Waals surface area contributed by atoms with E-state index in [1.807, 2.05) is 6.07 Å². The molecule has 1 heterocycles. The first-order valence-electron chi connectivity index (χ1n) is 8.87. The van der Waals surface area contributed by atoms with E-state index in [1.165, 1.54) is 31.4 Å². The van der Waals surface area contributed by atoms with Crippen LogP contribution in [0.15, 0.2) is 29.8 Å². The number of hydrogen-bond donors (Lipinski definition) is 5. The molecule has 0 aromatic heterocycles. The van der Waals surface area contributed by atoms with Crippen molar-refractivity contribution in [3.8, 4) is 17.6 Å². The maximum absolute atomic E-state index is 12.1. The second-order valence-corrected chi connectivity index (χ2v) is 6.33. The van der Waals surface area contributed by atoms with Gasteiger partial charge in [-0.05, 0) is 24.3 Å². The summed E-state index contributed by atoms with van der Waals surface area (Å²) in [6, 6.07) is 5.72. The van der Waals surface area contributed by atoms with Crippen molar-refractivity contribution in [2.75, 3.05) is 26.9 Å². The van der Waals surface area contributed by atoms with Gasteiger partial charge >= 0.3 is 5.97 Å². The summed E-state index contributed by atoms with van der Waals surface area (Å²) < 4.78 is 20.4. The lowest BCUT2D eigenvalue weighted by Gasteiger charge is -2.39. The number of nitriles is 1. The third kappa shape index (κ3) is 5.67. The van der Waals surface area contributed by atoms with Gasteiger partial charge in [-0.15, -0.1) is 0 Å². The minimum absolute atomic E-state index is 0.0404. The van der Waals surface area contributed by atoms with E-state index in [-0.39, 0.29) is 35.8 Å². The van der Waals surface area contributed by atoms with Crippen LogP contribution in [-0.2, 0) is 14.2 Å². The van der Waals surface area contributed by atoms with Gasteiger partial charge in [0.15, 0.2) is 17.8 Å². The molecular formula is C19H23NO10. The normalized spacial score (nSPS) is 26.7. The van der Waals surface area contributed by atoms with Gasteiger partial charge in [-0.1, -0.05) is 0 Å². The van der Waals surface area contributed by atoms with Gasteiger partial charge in [-0.25, -0.2) is 4.79 Å². The van der Waals surface area contributed by atoms with Crippen LogP contribution in [0.3, 0.4) is 0 Å². The maximum Gasteiger partial charge on any atom is 0.338 e. The van der Waals surface area contributed by atoms with E-state index in [4.69, 9.17) is 29.3 Å². The number of aliphatic hydroxyl groups is 4. The summed E-state index contributed by atoms with van der Waals surface area (Å²) in [6.45, 7) is -1.20. The lowest BCUT2D eigenvalue weighted by atomic mass is 9.99. The number of aliphatic hydroxyl groups excluding tert-OH is 4. The van der Waals surface area contributed by atoms with Gasteiger partial charge in [0.2, 0.25) is 0 Å². The molecule has 0 aliphatic carbocycles. The maximum atomic E-state index is 12.1. The summed E-state index contributed by atoms with van der Waals surface area (Å²) >= 11 is 0. The molecule has 0 spiro atoms. The summed E-state index contributed by atoms with van der Waals surface area (Å²) in [7, 11) is 1.33. The standard InChI is InChI=1S/C19H23NO10/c1-27-13-6-11(2-3-12(13)22)18(26)29-9-10(7-20)4-5-28-19-17(25)16(24)15(23)14(8-21)30-19/h2-4,6,14-17,19,21-25H,5,8-9H2,1H3/b10-4+/t14-,15-,16+,17-,19-/m1/s1. The van der Waals surface area contributed by atoms with E-state index in [0.717, 1.165) is 0 Å². The molecule has 1 aromatic rings. The number of phenolic OH excluding ortho intramolecular Hbond substituents is 1. The Morgan fingerprint density at radius 1 is 1.27 bits per heavy atom. The SMILES string of the molecule is COc1cc(C(=O)OC/C(C#N)=C/CO[C@@H]2O[C@H](CO)[C@@H](O)[C@H](O)[C@H]2O)ccc1O. The van der Waals surface area contributed by atoms with Crippen LogP contribution in [0, 0.1) is 11.3 Å². The molecule has 5 N–H and O–H groups in total. The molecule has 5 atom stereocenters. The molecule has 1 aromatic carbocycles. The van der Waals surface area contributed by atoms with Gasteiger partial charge in [0.1, 0.15) is 31.0 Å². The van der Waals surface area contributed by atoms with Crippen LogP contribution in [-0.4, -0.2) is 89.1 Å². The van der Waals surface area contributed by atoms with Crippen LogP contribution in [0.25, 0.3) is 0 Å². The molecule has 11 nitrogen and oxygen atoms in total. The number of rotatable bonds is 8. The fraction of sp³-hybridized carbons (Fsp3) is 0.474. The van der Waals surface area contributed by atoms with Crippen molar-refractivity contribution >= 4 is 5.97 Å². The molecule has 0 bridgehead atoms. The van der Waals surface area contributed by atoms with Crippen molar-refractivity contribution in [2.24, 2.45) is 0 Å². The van der Waals surface area contributed by atoms with Crippen molar-refractivity contribution in [3.63, 3.8) is 0 Å². The lowest BCUT2D eigenvalue weighted by molar-refractivity contribution is -0.298. The highest BCUT2D eigenvalue weighted by Gasteiger charge is 2.43. The summed E-state index contributed by atoms with van der Waals surface area (Å²) in [5.74, 6) is -0.797. The van der Waals surface area contributed by atoms with Gasteiger partial charge in [0, 0.05) is 0 Å². The second kappa shape index (κ2) is 10.9. The number of nitrogens with zero attached hydrogens (tertiary/aromatic N) is 1. The molecule has 0 unspecified atom stereocenters. The first kappa shape index (κ1) is 23.6. The third-order valence-corrected chi connectivity index (χ3v) is 4.36. The molecule has 1 aliphatic rings. The zero-order chi connectivity index (χ0) is 22.3. The fourth-order valence-electron chi connectivity index (χ4n) is 2.62. The summed E-state index contributed by atoms with van der Waals surface area (Å²) in [5, 5.41) is 57.2. The van der Waals surface area contributed by atoms with Crippen LogP contribution in [0.2, 0.25) is 0 Å². The van der Waals surface area contributed by atoms with Gasteiger partial charge in [-0.2, -0.15) is 5.26 Å². The Morgan fingerprint density at radius 3 is 2.63 bits per heavy atom. The average Bonchev–Trinajstić information content (AvgIpc) is 2.75. The first-order chi connectivity index (χ1) is 14.3. The summed E-state index contributed by atoms with van der Waals surface area (Å²) in [6.07, 6.45) is -5.83. The Bertz CT molecular complexity index is 803. The highest BCUT2D eigenvalue weighted by molar-refractivity contribution is 5.90. The number of esters is 1. The first-order valence-corrected chi connectivity index (χ1v) is 8.87. The monoisotopic (exact) mass is 425 g/mol. The van der Waals surface area contributed by atoms with Gasteiger partial charge in [-0.3, -0.25) is 0 Å². The highest BCUT2D eigenvalue weighted by atomic mass is 16.7. The van der Waals surface area contributed by atoms with Crippen molar-refractivity contribution in [1.82, 2.24) is 0 Å². The van der Waals surface area contributed by atoms with Crippen molar-refractivity contribution < 1.29 is 49.3 Å². The molecule has 164 valence electrons. The number of carbonyl (C=O) groups excluding carboxylic acids is 1. The van der Waals surface area contributed by atoms with E-state index in [9.17, 15) is 25.2 Å². The average molecular weight is 425 g/mol. The molecule has 11 heteroatoms. The van der Waals surface area contributed by atoms with Crippen LogP contribution in [0.5, 0.6) is 11.5 Å². The molecular weight excluding hydrogens is 402 g/mol. The number of hydrogen-bond acceptors (Lipinski definition) is 11. The van der Waals surface area contributed by atoms with Gasteiger partial charge < -0.3 is 44.5 Å². The van der Waals surface area contributed by atoms with Crippen LogP contribution < -0.4 is 4.74 Å². The minimum atomic E-state index is -1.58. The molecule has 0 saturated carbocycles. The van der Waals surface area contributed by atoms with E-state index in [1.54, 1.807) is 0 Å². The van der Waals surface area contributed by atoms with E-state index in [2.05, 4.69) is 0 Å². The number of methoxy groups -OCH3 is 1. The molecule has 2 rings (SSSR count). The van der Waals surface area contributed by atoms with E-state index < -0.39 is 43.3 Å². The Hall–Kier alpha value is -2.72. The van der Waals surface area contributed by atoms with Gasteiger partial charge in [0.05, 0.1) is 37.5 Å². The highest BCUT2D eigenvalue weighted by Crippen LogP contribution is 2.26. The van der Waals surface area contributed by atoms with E-state index >= 15 is 0 Å². The Balaban J connectivity index is 1.90. The van der Waals surface area contributed by atoms with Crippen molar-refractivity contribution in [1.29, 1.82) is 5.26 Å². The Labute approximate surface area is 171 Å². The topological polar surface area (TPSA) is 179 Å². The second-order valence-electron chi connectivity index (χ2n) is 6.33. The largest absolute Gasteiger partial charge is 0.504 e. The molecule has 30 heavy (non-hydrogen) atoms. The minimum Gasteiger partial charge on any atom is -0.504 e. The molecule has 1 fully saturated rings. The van der Waals surface area contributed by atoms with E-state index in [0.29, 0.717) is 0 Å². The summed E-state index contributed by atoms with van der Waals surface area (Å²) in [4.78, 5) is 12.1. The van der Waals surface area contributed by atoms with Crippen LogP contribution in [0.4, 0.5) is 0 Å². The predicted molar refractivity (Wildman–Crippen MR) is 98.4 cm³/mol.